The molecular formula is C19H19NO3. The van der Waals surface area contributed by atoms with Crippen LogP contribution in [0.25, 0.3) is 21.8 Å². The lowest BCUT2D eigenvalue weighted by molar-refractivity contribution is 0.0488. The number of aryl methyl sites for hydroxylation is 1. The maximum absolute atomic E-state index is 12.8. The Kier molecular flexibility index (Phi) is 3.57. The molecule has 118 valence electrons. The number of para-hydroxylation sites is 1. The number of carbonyl (C=O) groups excluding carboxylic acids is 1. The summed E-state index contributed by atoms with van der Waals surface area (Å²) in [6.07, 6.45) is 0. The summed E-state index contributed by atoms with van der Waals surface area (Å²) in [5.74, 6) is -0.394. The van der Waals surface area contributed by atoms with Crippen LogP contribution < -0.4 is 5.43 Å². The normalized spacial score (nSPS) is 12.0. The molecule has 0 bridgehead atoms. The monoisotopic (exact) mass is 309 g/mol. The number of ketones is 1. The van der Waals surface area contributed by atoms with Gasteiger partial charge in [0.05, 0.1) is 11.0 Å². The van der Waals surface area contributed by atoms with Gasteiger partial charge in [0, 0.05) is 22.9 Å². The van der Waals surface area contributed by atoms with Gasteiger partial charge in [0.1, 0.15) is 5.60 Å². The summed E-state index contributed by atoms with van der Waals surface area (Å²) in [4.78, 5) is 25.1. The SMILES string of the molecule is CCn1c2ccccc2c(=O)c2cc(C(=O)C(C)(C)O)ccc21. The van der Waals surface area contributed by atoms with Crippen LogP contribution in [0.3, 0.4) is 0 Å². The lowest BCUT2D eigenvalue weighted by Crippen LogP contribution is -2.31. The second-order valence-electron chi connectivity index (χ2n) is 6.21. The minimum Gasteiger partial charge on any atom is -0.382 e. The van der Waals surface area contributed by atoms with Gasteiger partial charge in [-0.25, -0.2) is 0 Å². The molecule has 0 fully saturated rings. The zero-order chi connectivity index (χ0) is 16.8. The molecule has 3 rings (SSSR count). The van der Waals surface area contributed by atoms with Crippen LogP contribution in [0.1, 0.15) is 31.1 Å². The number of aliphatic hydroxyl groups is 1. The Hall–Kier alpha value is -2.46. The predicted molar refractivity (Wildman–Crippen MR) is 92.0 cm³/mol. The molecule has 2 aromatic carbocycles. The van der Waals surface area contributed by atoms with Crippen molar-refractivity contribution in [1.82, 2.24) is 4.57 Å². The zero-order valence-electron chi connectivity index (χ0n) is 13.5. The fourth-order valence-electron chi connectivity index (χ4n) is 2.96. The molecule has 0 aliphatic heterocycles. The van der Waals surface area contributed by atoms with Crippen LogP contribution in [-0.2, 0) is 6.54 Å². The summed E-state index contributed by atoms with van der Waals surface area (Å²) in [7, 11) is 0. The molecule has 0 saturated heterocycles. The molecule has 23 heavy (non-hydrogen) atoms. The van der Waals surface area contributed by atoms with Gasteiger partial charge in [-0.3, -0.25) is 9.59 Å². The number of benzene rings is 2. The minimum absolute atomic E-state index is 0.0919. The Labute approximate surface area is 134 Å². The smallest absolute Gasteiger partial charge is 0.197 e. The highest BCUT2D eigenvalue weighted by molar-refractivity contribution is 6.05. The average molecular weight is 309 g/mol. The van der Waals surface area contributed by atoms with Gasteiger partial charge in [0.2, 0.25) is 0 Å². The highest BCUT2D eigenvalue weighted by atomic mass is 16.3. The third kappa shape index (κ3) is 2.45. The summed E-state index contributed by atoms with van der Waals surface area (Å²) in [6, 6.07) is 12.5. The van der Waals surface area contributed by atoms with E-state index < -0.39 is 11.4 Å². The van der Waals surface area contributed by atoms with Crippen LogP contribution in [-0.4, -0.2) is 21.1 Å². The van der Waals surface area contributed by atoms with E-state index in [-0.39, 0.29) is 5.43 Å². The molecule has 0 amide bonds. The second kappa shape index (κ2) is 5.32. The number of Topliss-reactive ketones (excluding diaryl/α,β-unsaturated/α-hetero) is 1. The third-order valence-corrected chi connectivity index (χ3v) is 4.11. The predicted octanol–water partition coefficient (Wildman–Crippen LogP) is 3.13. The first kappa shape index (κ1) is 15.4. The fraction of sp³-hybridized carbons (Fsp3) is 0.263. The topological polar surface area (TPSA) is 59.3 Å². The number of carbonyl (C=O) groups is 1. The van der Waals surface area contributed by atoms with Gasteiger partial charge in [0.25, 0.3) is 0 Å². The van der Waals surface area contributed by atoms with Crippen molar-refractivity contribution in [3.8, 4) is 0 Å². The summed E-state index contributed by atoms with van der Waals surface area (Å²) < 4.78 is 2.06. The summed E-state index contributed by atoms with van der Waals surface area (Å²) in [6.45, 7) is 5.64. The standard InChI is InChI=1S/C19H19NO3/c1-4-20-15-8-6-5-7-13(15)17(21)14-11-12(9-10-16(14)20)18(22)19(2,3)23/h5-11,23H,4H2,1-3H3. The van der Waals surface area contributed by atoms with Crippen LogP contribution in [0.2, 0.25) is 0 Å². The second-order valence-corrected chi connectivity index (χ2v) is 6.21. The molecule has 0 unspecified atom stereocenters. The molecule has 0 aliphatic carbocycles. The average Bonchev–Trinajstić information content (AvgIpc) is 2.54. The van der Waals surface area contributed by atoms with Crippen molar-refractivity contribution in [2.24, 2.45) is 0 Å². The molecule has 4 nitrogen and oxygen atoms in total. The van der Waals surface area contributed by atoms with E-state index in [2.05, 4.69) is 4.57 Å². The lowest BCUT2D eigenvalue weighted by Gasteiger charge is -2.17. The molecular weight excluding hydrogens is 290 g/mol. The quantitative estimate of drug-likeness (QED) is 0.597. The fourth-order valence-corrected chi connectivity index (χ4v) is 2.96. The van der Waals surface area contributed by atoms with Gasteiger partial charge < -0.3 is 9.67 Å². The van der Waals surface area contributed by atoms with E-state index in [0.717, 1.165) is 17.6 Å². The van der Waals surface area contributed by atoms with Crippen LogP contribution in [0.15, 0.2) is 47.3 Å². The Morgan fingerprint density at radius 2 is 1.74 bits per heavy atom. The Morgan fingerprint density at radius 1 is 1.09 bits per heavy atom. The van der Waals surface area contributed by atoms with Crippen molar-refractivity contribution < 1.29 is 9.90 Å². The Bertz CT molecular complexity index is 977. The molecule has 0 radical (unpaired) electrons. The summed E-state index contributed by atoms with van der Waals surface area (Å²) >= 11 is 0. The van der Waals surface area contributed by atoms with Crippen molar-refractivity contribution >= 4 is 27.6 Å². The van der Waals surface area contributed by atoms with E-state index in [1.165, 1.54) is 13.8 Å². The van der Waals surface area contributed by atoms with Crippen molar-refractivity contribution in [2.45, 2.75) is 32.9 Å². The van der Waals surface area contributed by atoms with E-state index in [1.54, 1.807) is 24.3 Å². The number of hydrogen-bond acceptors (Lipinski definition) is 3. The van der Waals surface area contributed by atoms with E-state index >= 15 is 0 Å². The van der Waals surface area contributed by atoms with E-state index in [4.69, 9.17) is 0 Å². The number of rotatable bonds is 3. The van der Waals surface area contributed by atoms with Crippen molar-refractivity contribution in [3.05, 3.63) is 58.3 Å². The van der Waals surface area contributed by atoms with Gasteiger partial charge >= 0.3 is 0 Å². The molecule has 1 aromatic heterocycles. The molecule has 0 spiro atoms. The molecule has 3 aromatic rings. The van der Waals surface area contributed by atoms with E-state index in [1.807, 2.05) is 25.1 Å². The number of fused-ring (bicyclic) bond motifs is 2. The first-order valence-electron chi connectivity index (χ1n) is 7.67. The molecule has 0 aliphatic rings. The maximum atomic E-state index is 12.8. The molecule has 4 heteroatoms. The lowest BCUT2D eigenvalue weighted by atomic mass is 9.95. The van der Waals surface area contributed by atoms with Crippen LogP contribution in [0, 0.1) is 0 Å². The third-order valence-electron chi connectivity index (χ3n) is 4.11. The van der Waals surface area contributed by atoms with Crippen LogP contribution in [0.4, 0.5) is 0 Å². The first-order valence-corrected chi connectivity index (χ1v) is 7.67. The number of nitrogens with zero attached hydrogens (tertiary/aromatic N) is 1. The van der Waals surface area contributed by atoms with Crippen molar-refractivity contribution in [3.63, 3.8) is 0 Å². The van der Waals surface area contributed by atoms with Crippen molar-refractivity contribution in [1.29, 1.82) is 0 Å². The largest absolute Gasteiger partial charge is 0.382 e. The number of hydrogen-bond donors (Lipinski definition) is 1. The van der Waals surface area contributed by atoms with Crippen molar-refractivity contribution in [2.75, 3.05) is 0 Å². The van der Waals surface area contributed by atoms with Gasteiger partial charge in [-0.1, -0.05) is 12.1 Å². The molecule has 0 saturated carbocycles. The molecule has 0 atom stereocenters. The van der Waals surface area contributed by atoms with Gasteiger partial charge in [-0.15, -0.1) is 0 Å². The summed E-state index contributed by atoms with van der Waals surface area (Å²) in [5, 5.41) is 11.1. The Balaban J connectivity index is 2.40. The Morgan fingerprint density at radius 3 is 2.39 bits per heavy atom. The summed E-state index contributed by atoms with van der Waals surface area (Å²) in [5.41, 5.74) is 0.470. The maximum Gasteiger partial charge on any atom is 0.197 e. The van der Waals surface area contributed by atoms with E-state index in [9.17, 15) is 14.7 Å². The number of aromatic nitrogens is 1. The van der Waals surface area contributed by atoms with Gasteiger partial charge in [-0.2, -0.15) is 0 Å². The molecule has 1 heterocycles. The highest BCUT2D eigenvalue weighted by Crippen LogP contribution is 2.22. The zero-order valence-corrected chi connectivity index (χ0v) is 13.5. The van der Waals surface area contributed by atoms with Gasteiger partial charge in [-0.05, 0) is 51.1 Å². The molecule has 1 N–H and O–H groups in total. The van der Waals surface area contributed by atoms with Crippen LogP contribution >= 0.6 is 0 Å². The first-order chi connectivity index (χ1) is 10.8. The number of pyridine rings is 1. The van der Waals surface area contributed by atoms with E-state index in [0.29, 0.717) is 16.3 Å². The van der Waals surface area contributed by atoms with Gasteiger partial charge in [0.15, 0.2) is 11.2 Å². The highest BCUT2D eigenvalue weighted by Gasteiger charge is 2.25. The van der Waals surface area contributed by atoms with Crippen LogP contribution in [0.5, 0.6) is 0 Å². The minimum atomic E-state index is -1.46.